The second-order valence-electron chi connectivity index (χ2n) is 9.29. The number of ether oxygens (including phenoxy) is 1. The minimum atomic E-state index is -4.59. The van der Waals surface area contributed by atoms with Crippen LogP contribution in [0.3, 0.4) is 0 Å². The number of anilines is 1. The molecule has 2 aliphatic heterocycles. The number of hydrogen-bond donors (Lipinski definition) is 0. The van der Waals surface area contributed by atoms with Crippen LogP contribution < -0.4 is 4.90 Å². The van der Waals surface area contributed by atoms with Gasteiger partial charge in [-0.2, -0.15) is 18.4 Å². The van der Waals surface area contributed by atoms with Gasteiger partial charge in [0.15, 0.2) is 0 Å². The van der Waals surface area contributed by atoms with Gasteiger partial charge in [0.05, 0.1) is 23.8 Å². The molecule has 0 spiro atoms. The number of nitrogens with zero attached hydrogens (tertiary/aromatic N) is 3. The molecule has 34 heavy (non-hydrogen) atoms. The second-order valence-corrected chi connectivity index (χ2v) is 9.29. The minimum Gasteiger partial charge on any atom is -0.384 e. The van der Waals surface area contributed by atoms with Crippen LogP contribution >= 0.6 is 0 Å². The fourth-order valence-electron chi connectivity index (χ4n) is 5.35. The van der Waals surface area contributed by atoms with E-state index < -0.39 is 11.7 Å². The van der Waals surface area contributed by atoms with Gasteiger partial charge in [-0.3, -0.25) is 4.79 Å². The van der Waals surface area contributed by atoms with Crippen molar-refractivity contribution < 1.29 is 22.7 Å². The van der Waals surface area contributed by atoms with E-state index in [4.69, 9.17) is 10.00 Å². The lowest BCUT2D eigenvalue weighted by Gasteiger charge is -2.44. The first-order valence-corrected chi connectivity index (χ1v) is 11.4. The molecule has 180 valence electrons. The zero-order chi connectivity index (χ0) is 24.3. The molecule has 2 fully saturated rings. The maximum absolute atomic E-state index is 13.5. The fraction of sp³-hybridized carbons (Fsp3) is 0.462. The Morgan fingerprint density at radius 1 is 1.21 bits per heavy atom. The van der Waals surface area contributed by atoms with E-state index in [-0.39, 0.29) is 22.8 Å². The van der Waals surface area contributed by atoms with Crippen LogP contribution in [0.1, 0.15) is 29.5 Å². The molecular weight excluding hydrogens is 443 g/mol. The van der Waals surface area contributed by atoms with Crippen LogP contribution in [0.5, 0.6) is 0 Å². The third-order valence-electron chi connectivity index (χ3n) is 7.18. The van der Waals surface area contributed by atoms with Gasteiger partial charge in [0.25, 0.3) is 0 Å². The molecule has 0 unspecified atom stereocenters. The van der Waals surface area contributed by atoms with Crippen molar-refractivity contribution >= 4 is 11.6 Å². The molecule has 2 saturated heterocycles. The molecule has 0 aliphatic carbocycles. The Hall–Kier alpha value is -3.05. The fourth-order valence-corrected chi connectivity index (χ4v) is 5.35. The largest absolute Gasteiger partial charge is 0.417 e. The summed E-state index contributed by atoms with van der Waals surface area (Å²) in [5.74, 6) is 0.185. The van der Waals surface area contributed by atoms with Crippen molar-refractivity contribution in [2.75, 3.05) is 44.8 Å². The van der Waals surface area contributed by atoms with Crippen LogP contribution in [0.2, 0.25) is 0 Å². The molecule has 2 aromatic rings. The van der Waals surface area contributed by atoms with Gasteiger partial charge in [-0.25, -0.2) is 0 Å². The third kappa shape index (κ3) is 4.90. The van der Waals surface area contributed by atoms with E-state index in [1.165, 1.54) is 6.07 Å². The van der Waals surface area contributed by atoms with E-state index in [0.717, 1.165) is 18.1 Å². The topological polar surface area (TPSA) is 56.6 Å². The number of piperidine rings is 1. The number of methoxy groups -OCH3 is 1. The zero-order valence-corrected chi connectivity index (χ0v) is 19.1. The predicted octanol–water partition coefficient (Wildman–Crippen LogP) is 4.51. The summed E-state index contributed by atoms with van der Waals surface area (Å²) < 4.78 is 45.9. The van der Waals surface area contributed by atoms with Gasteiger partial charge in [0, 0.05) is 56.7 Å². The summed E-state index contributed by atoms with van der Waals surface area (Å²) in [5.41, 5.74) is 0.0775. The Bertz CT molecular complexity index is 1070. The molecule has 0 saturated carbocycles. The summed E-state index contributed by atoms with van der Waals surface area (Å²) in [7, 11) is 1.65. The van der Waals surface area contributed by atoms with Crippen LogP contribution in [0.4, 0.5) is 18.9 Å². The monoisotopic (exact) mass is 471 g/mol. The van der Waals surface area contributed by atoms with Crippen molar-refractivity contribution in [3.05, 3.63) is 65.2 Å². The lowest BCUT2D eigenvalue weighted by atomic mass is 9.73. The molecule has 0 radical (unpaired) electrons. The van der Waals surface area contributed by atoms with E-state index in [0.29, 0.717) is 51.3 Å². The number of nitriles is 1. The SMILES string of the molecule is COC[C@@]12CCN(c3ccc(C#N)c(C(F)(F)F)c3)C[C@@H]1CN(C(=O)CCc1ccccc1)C2. The van der Waals surface area contributed by atoms with Crippen molar-refractivity contribution in [1.82, 2.24) is 4.90 Å². The van der Waals surface area contributed by atoms with Gasteiger partial charge in [0.1, 0.15) is 0 Å². The molecule has 0 aromatic heterocycles. The summed E-state index contributed by atoms with van der Waals surface area (Å²) in [6.07, 6.45) is -2.77. The van der Waals surface area contributed by atoms with Crippen molar-refractivity contribution in [2.45, 2.75) is 25.4 Å². The van der Waals surface area contributed by atoms with Crippen LogP contribution in [0.15, 0.2) is 48.5 Å². The molecule has 5 nitrogen and oxygen atoms in total. The quantitative estimate of drug-likeness (QED) is 0.622. The van der Waals surface area contributed by atoms with Crippen molar-refractivity contribution in [3.63, 3.8) is 0 Å². The number of carbonyl (C=O) groups excluding carboxylic acids is 1. The summed E-state index contributed by atoms with van der Waals surface area (Å²) in [6, 6.07) is 15.4. The first-order valence-electron chi connectivity index (χ1n) is 11.4. The van der Waals surface area contributed by atoms with E-state index in [1.54, 1.807) is 19.2 Å². The number of halogens is 3. The van der Waals surface area contributed by atoms with E-state index >= 15 is 0 Å². The lowest BCUT2D eigenvalue weighted by Crippen LogP contribution is -2.49. The molecular formula is C26H28F3N3O2. The second kappa shape index (κ2) is 9.67. The van der Waals surface area contributed by atoms with Crippen LogP contribution in [-0.4, -0.2) is 50.7 Å². The highest BCUT2D eigenvalue weighted by atomic mass is 19.4. The Morgan fingerprint density at radius 2 is 1.97 bits per heavy atom. The van der Waals surface area contributed by atoms with Gasteiger partial charge < -0.3 is 14.5 Å². The smallest absolute Gasteiger partial charge is 0.384 e. The average Bonchev–Trinajstić information content (AvgIpc) is 3.21. The Kier molecular flexibility index (Phi) is 6.85. The van der Waals surface area contributed by atoms with Gasteiger partial charge in [-0.05, 0) is 36.6 Å². The molecule has 8 heteroatoms. The number of alkyl halides is 3. The highest BCUT2D eigenvalue weighted by molar-refractivity contribution is 5.77. The average molecular weight is 472 g/mol. The summed E-state index contributed by atoms with van der Waals surface area (Å²) in [6.45, 7) is 2.78. The number of carbonyl (C=O) groups is 1. The first kappa shape index (κ1) is 24.1. The van der Waals surface area contributed by atoms with Crippen LogP contribution in [0, 0.1) is 22.7 Å². The van der Waals surface area contributed by atoms with Gasteiger partial charge in [-0.15, -0.1) is 0 Å². The molecule has 2 atom stereocenters. The standard InChI is InChI=1S/C26H28F3N3O2/c1-34-18-25-11-12-31(22-9-8-20(14-30)23(13-22)26(27,28)29)15-21(25)16-32(17-25)24(33)10-7-19-5-3-2-4-6-19/h2-6,8-9,13,21H,7,10-12,15-18H2,1H3/t21-,25+/m1/s1. The van der Waals surface area contributed by atoms with Gasteiger partial charge >= 0.3 is 6.18 Å². The molecule has 0 bridgehead atoms. The minimum absolute atomic E-state index is 0.0897. The molecule has 2 heterocycles. The summed E-state index contributed by atoms with van der Waals surface area (Å²) in [5, 5.41) is 9.08. The van der Waals surface area contributed by atoms with E-state index in [2.05, 4.69) is 0 Å². The van der Waals surface area contributed by atoms with Crippen LogP contribution in [0.25, 0.3) is 0 Å². The third-order valence-corrected chi connectivity index (χ3v) is 7.18. The van der Waals surface area contributed by atoms with Gasteiger partial charge in [0.2, 0.25) is 5.91 Å². The maximum Gasteiger partial charge on any atom is 0.417 e. The molecule has 2 aromatic carbocycles. The van der Waals surface area contributed by atoms with E-state index in [9.17, 15) is 18.0 Å². The predicted molar refractivity (Wildman–Crippen MR) is 122 cm³/mol. The van der Waals surface area contributed by atoms with Crippen molar-refractivity contribution in [2.24, 2.45) is 11.3 Å². The number of hydrogen-bond acceptors (Lipinski definition) is 4. The molecule has 0 N–H and O–H groups in total. The Labute approximate surface area is 197 Å². The highest BCUT2D eigenvalue weighted by Crippen LogP contribution is 2.45. The van der Waals surface area contributed by atoms with Crippen LogP contribution in [-0.2, 0) is 22.1 Å². The number of amides is 1. The number of likely N-dealkylation sites (tertiary alicyclic amines) is 1. The zero-order valence-electron chi connectivity index (χ0n) is 19.1. The normalized spacial score (nSPS) is 22.4. The number of rotatable bonds is 6. The van der Waals surface area contributed by atoms with E-state index in [1.807, 2.05) is 40.1 Å². The maximum atomic E-state index is 13.5. The Balaban J connectivity index is 1.49. The Morgan fingerprint density at radius 3 is 2.65 bits per heavy atom. The number of aryl methyl sites for hydroxylation is 1. The summed E-state index contributed by atoms with van der Waals surface area (Å²) in [4.78, 5) is 16.8. The molecule has 4 rings (SSSR count). The lowest BCUT2D eigenvalue weighted by molar-refractivity contribution is -0.137. The van der Waals surface area contributed by atoms with Crippen molar-refractivity contribution in [1.29, 1.82) is 5.26 Å². The number of benzene rings is 2. The highest BCUT2D eigenvalue weighted by Gasteiger charge is 2.50. The molecule has 2 aliphatic rings. The van der Waals surface area contributed by atoms with Crippen molar-refractivity contribution in [3.8, 4) is 6.07 Å². The van der Waals surface area contributed by atoms with Gasteiger partial charge in [-0.1, -0.05) is 30.3 Å². The molecule has 1 amide bonds. The summed E-state index contributed by atoms with van der Waals surface area (Å²) >= 11 is 0. The number of fused-ring (bicyclic) bond motifs is 1. The first-order chi connectivity index (χ1) is 16.3.